The van der Waals surface area contributed by atoms with Crippen LogP contribution in [0.1, 0.15) is 33.1 Å². The molecular weight excluding hydrogens is 198 g/mol. The third-order valence-electron chi connectivity index (χ3n) is 1.92. The predicted molar refractivity (Wildman–Crippen MR) is 61.5 cm³/mol. The van der Waals surface area contributed by atoms with E-state index in [1.165, 1.54) is 0 Å². The molecular formula is C10H21NO2S. The molecule has 0 rings (SSSR count). The summed E-state index contributed by atoms with van der Waals surface area (Å²) in [5.74, 6) is 1.66. The molecule has 0 spiro atoms. The lowest BCUT2D eigenvalue weighted by molar-refractivity contribution is -0.119. The Hall–Kier alpha value is -0.220. The van der Waals surface area contributed by atoms with Gasteiger partial charge in [0, 0.05) is 12.6 Å². The summed E-state index contributed by atoms with van der Waals surface area (Å²) in [6.07, 6.45) is 2.64. The molecule has 0 heterocycles. The van der Waals surface area contributed by atoms with Crippen LogP contribution < -0.4 is 5.32 Å². The maximum Gasteiger partial charge on any atom is 0.230 e. The number of hydrogen-bond acceptors (Lipinski definition) is 3. The highest BCUT2D eigenvalue weighted by Gasteiger charge is 2.08. The number of carbonyl (C=O) groups is 1. The van der Waals surface area contributed by atoms with Gasteiger partial charge in [0.15, 0.2) is 0 Å². The Kier molecular flexibility index (Phi) is 9.19. The summed E-state index contributed by atoms with van der Waals surface area (Å²) in [6, 6.07) is 0.134. The van der Waals surface area contributed by atoms with E-state index in [4.69, 9.17) is 5.11 Å². The molecule has 0 bridgehead atoms. The number of amides is 1. The van der Waals surface area contributed by atoms with Gasteiger partial charge in [-0.15, -0.1) is 0 Å². The van der Waals surface area contributed by atoms with Gasteiger partial charge in [-0.05, 0) is 25.0 Å². The number of nitrogens with one attached hydrogen (secondary N) is 1. The van der Waals surface area contributed by atoms with Gasteiger partial charge in [-0.1, -0.05) is 13.8 Å². The molecule has 0 fully saturated rings. The molecule has 1 amide bonds. The number of aliphatic hydroxyl groups is 1. The average molecular weight is 219 g/mol. The van der Waals surface area contributed by atoms with Crippen molar-refractivity contribution in [2.45, 2.75) is 39.2 Å². The van der Waals surface area contributed by atoms with Crippen LogP contribution in [0, 0.1) is 0 Å². The first-order valence-electron chi connectivity index (χ1n) is 5.22. The lowest BCUT2D eigenvalue weighted by Gasteiger charge is -2.15. The zero-order chi connectivity index (χ0) is 10.8. The van der Waals surface area contributed by atoms with E-state index in [0.717, 1.165) is 18.6 Å². The number of carbonyl (C=O) groups excluding carboxylic acids is 1. The molecule has 2 N–H and O–H groups in total. The number of hydrogen-bond donors (Lipinski definition) is 2. The summed E-state index contributed by atoms with van der Waals surface area (Å²) in [6.45, 7) is 4.26. The molecule has 1 atom stereocenters. The molecule has 84 valence electrons. The van der Waals surface area contributed by atoms with E-state index in [1.807, 2.05) is 6.92 Å². The van der Waals surface area contributed by atoms with Gasteiger partial charge in [-0.25, -0.2) is 0 Å². The van der Waals surface area contributed by atoms with Gasteiger partial charge in [0.25, 0.3) is 0 Å². The standard InChI is InChI=1S/C10H21NO2S/c1-3-7-14-8-10(13)11-9(4-2)5-6-12/h9,12H,3-8H2,1-2H3,(H,11,13). The normalized spacial score (nSPS) is 12.5. The van der Waals surface area contributed by atoms with Crippen molar-refractivity contribution in [3.05, 3.63) is 0 Å². The van der Waals surface area contributed by atoms with E-state index in [1.54, 1.807) is 11.8 Å². The van der Waals surface area contributed by atoms with Crippen LogP contribution in [0.4, 0.5) is 0 Å². The maximum absolute atomic E-state index is 11.3. The zero-order valence-corrected chi connectivity index (χ0v) is 9.90. The van der Waals surface area contributed by atoms with Gasteiger partial charge in [-0.3, -0.25) is 4.79 Å². The summed E-state index contributed by atoms with van der Waals surface area (Å²) in [7, 11) is 0. The summed E-state index contributed by atoms with van der Waals surface area (Å²) in [5.41, 5.74) is 0. The van der Waals surface area contributed by atoms with Crippen molar-refractivity contribution in [3.8, 4) is 0 Å². The second kappa shape index (κ2) is 9.34. The van der Waals surface area contributed by atoms with Gasteiger partial charge < -0.3 is 10.4 Å². The van der Waals surface area contributed by atoms with E-state index < -0.39 is 0 Å². The van der Waals surface area contributed by atoms with Crippen LogP contribution >= 0.6 is 11.8 Å². The van der Waals surface area contributed by atoms with Crippen molar-refractivity contribution >= 4 is 17.7 Å². The van der Waals surface area contributed by atoms with Crippen LogP contribution in [0.3, 0.4) is 0 Å². The fraction of sp³-hybridized carbons (Fsp3) is 0.900. The highest BCUT2D eigenvalue weighted by Crippen LogP contribution is 2.02. The molecule has 0 aliphatic carbocycles. The van der Waals surface area contributed by atoms with Gasteiger partial charge in [0.05, 0.1) is 5.75 Å². The fourth-order valence-corrected chi connectivity index (χ4v) is 1.81. The van der Waals surface area contributed by atoms with Crippen LogP contribution in [-0.2, 0) is 4.79 Å². The molecule has 0 saturated heterocycles. The van der Waals surface area contributed by atoms with E-state index in [2.05, 4.69) is 12.2 Å². The Labute approximate surface area is 90.7 Å². The Balaban J connectivity index is 3.56. The first kappa shape index (κ1) is 13.8. The third kappa shape index (κ3) is 7.21. The first-order valence-corrected chi connectivity index (χ1v) is 6.38. The van der Waals surface area contributed by atoms with Gasteiger partial charge in [-0.2, -0.15) is 11.8 Å². The lowest BCUT2D eigenvalue weighted by atomic mass is 10.1. The van der Waals surface area contributed by atoms with Crippen LogP contribution in [0.2, 0.25) is 0 Å². The molecule has 4 heteroatoms. The minimum atomic E-state index is 0.0868. The monoisotopic (exact) mass is 219 g/mol. The molecule has 0 radical (unpaired) electrons. The quantitative estimate of drug-likeness (QED) is 0.607. The van der Waals surface area contributed by atoms with E-state index in [9.17, 15) is 4.79 Å². The van der Waals surface area contributed by atoms with E-state index >= 15 is 0 Å². The van der Waals surface area contributed by atoms with Crippen molar-refractivity contribution < 1.29 is 9.90 Å². The number of thioether (sulfide) groups is 1. The Morgan fingerprint density at radius 2 is 2.21 bits per heavy atom. The van der Waals surface area contributed by atoms with Crippen molar-refractivity contribution in [3.63, 3.8) is 0 Å². The molecule has 0 aliphatic heterocycles. The van der Waals surface area contributed by atoms with Gasteiger partial charge in [0.1, 0.15) is 0 Å². The van der Waals surface area contributed by atoms with Crippen molar-refractivity contribution in [1.29, 1.82) is 0 Å². The highest BCUT2D eigenvalue weighted by atomic mass is 32.2. The summed E-state index contributed by atoms with van der Waals surface area (Å²) >= 11 is 1.66. The lowest BCUT2D eigenvalue weighted by Crippen LogP contribution is -2.36. The van der Waals surface area contributed by atoms with Crippen molar-refractivity contribution in [1.82, 2.24) is 5.32 Å². The molecule has 0 saturated carbocycles. The van der Waals surface area contributed by atoms with Crippen molar-refractivity contribution in [2.75, 3.05) is 18.1 Å². The van der Waals surface area contributed by atoms with Crippen LogP contribution in [0.25, 0.3) is 0 Å². The van der Waals surface area contributed by atoms with E-state index in [0.29, 0.717) is 12.2 Å². The molecule has 0 aliphatic rings. The largest absolute Gasteiger partial charge is 0.396 e. The maximum atomic E-state index is 11.3. The van der Waals surface area contributed by atoms with Gasteiger partial charge in [0.2, 0.25) is 5.91 Å². The minimum absolute atomic E-state index is 0.0868. The fourth-order valence-electron chi connectivity index (χ4n) is 1.11. The smallest absolute Gasteiger partial charge is 0.230 e. The number of rotatable bonds is 8. The summed E-state index contributed by atoms with van der Waals surface area (Å²) in [5, 5.41) is 11.6. The first-order chi connectivity index (χ1) is 6.74. The highest BCUT2D eigenvalue weighted by molar-refractivity contribution is 7.99. The Morgan fingerprint density at radius 1 is 1.50 bits per heavy atom. The van der Waals surface area contributed by atoms with Crippen LogP contribution in [0.15, 0.2) is 0 Å². The average Bonchev–Trinajstić information content (AvgIpc) is 2.17. The zero-order valence-electron chi connectivity index (χ0n) is 9.08. The molecule has 14 heavy (non-hydrogen) atoms. The third-order valence-corrected chi connectivity index (χ3v) is 3.08. The van der Waals surface area contributed by atoms with Crippen LogP contribution in [-0.4, -0.2) is 35.2 Å². The molecule has 1 unspecified atom stereocenters. The topological polar surface area (TPSA) is 49.3 Å². The summed E-state index contributed by atoms with van der Waals surface area (Å²) in [4.78, 5) is 11.3. The summed E-state index contributed by atoms with van der Waals surface area (Å²) < 4.78 is 0. The minimum Gasteiger partial charge on any atom is -0.396 e. The second-order valence-electron chi connectivity index (χ2n) is 3.24. The Bertz CT molecular complexity index is 153. The Morgan fingerprint density at radius 3 is 2.71 bits per heavy atom. The van der Waals surface area contributed by atoms with Crippen molar-refractivity contribution in [2.24, 2.45) is 0 Å². The predicted octanol–water partition coefficient (Wildman–Crippen LogP) is 1.41. The second-order valence-corrected chi connectivity index (χ2v) is 4.34. The molecule has 0 aromatic rings. The molecule has 3 nitrogen and oxygen atoms in total. The van der Waals surface area contributed by atoms with E-state index in [-0.39, 0.29) is 18.6 Å². The number of aliphatic hydroxyl groups excluding tert-OH is 1. The van der Waals surface area contributed by atoms with Gasteiger partial charge >= 0.3 is 0 Å². The molecule has 0 aromatic heterocycles. The SMILES string of the molecule is CCCSCC(=O)NC(CC)CCO. The van der Waals surface area contributed by atoms with Crippen LogP contribution in [0.5, 0.6) is 0 Å². The molecule has 0 aromatic carbocycles.